The minimum Gasteiger partial charge on any atom is -0.350 e. The molecule has 84 valence electrons. The lowest BCUT2D eigenvalue weighted by Crippen LogP contribution is -2.31. The van der Waals surface area contributed by atoms with Crippen LogP contribution in [0, 0.1) is 12.8 Å². The van der Waals surface area contributed by atoms with Crippen molar-refractivity contribution in [2.24, 2.45) is 5.92 Å². The maximum Gasteiger partial charge on any atom is 0.261 e. The fraction of sp³-hybridized carbons (Fsp3) is 0.545. The molecule has 1 aromatic rings. The first-order valence-electron chi connectivity index (χ1n) is 4.98. The smallest absolute Gasteiger partial charge is 0.261 e. The minimum atomic E-state index is 0.0348. The summed E-state index contributed by atoms with van der Waals surface area (Å²) in [5.74, 6) is 0.558. The van der Waals surface area contributed by atoms with Gasteiger partial charge in [-0.3, -0.25) is 4.79 Å². The highest BCUT2D eigenvalue weighted by Crippen LogP contribution is 2.16. The fourth-order valence-corrected chi connectivity index (χ4v) is 2.11. The van der Waals surface area contributed by atoms with E-state index in [1.54, 1.807) is 0 Å². The summed E-state index contributed by atoms with van der Waals surface area (Å²) in [6.45, 7) is 6.89. The van der Waals surface area contributed by atoms with Crippen molar-refractivity contribution >= 4 is 33.2 Å². The molecule has 0 aliphatic rings. The van der Waals surface area contributed by atoms with Crippen LogP contribution in [0.2, 0.25) is 0 Å². The molecule has 1 atom stereocenters. The normalized spacial score (nSPS) is 12.9. The van der Waals surface area contributed by atoms with E-state index in [4.69, 9.17) is 0 Å². The SMILES string of the molecule is Cc1ccsc1C(=O)NCC(Br)C(C)C. The van der Waals surface area contributed by atoms with Crippen LogP contribution >= 0.6 is 27.3 Å². The molecule has 1 heterocycles. The van der Waals surface area contributed by atoms with E-state index in [0.717, 1.165) is 10.4 Å². The Hall–Kier alpha value is -0.350. The van der Waals surface area contributed by atoms with E-state index in [-0.39, 0.29) is 5.91 Å². The molecule has 15 heavy (non-hydrogen) atoms. The third kappa shape index (κ3) is 3.61. The van der Waals surface area contributed by atoms with Crippen LogP contribution in [0.5, 0.6) is 0 Å². The zero-order valence-corrected chi connectivity index (χ0v) is 11.6. The van der Waals surface area contributed by atoms with Gasteiger partial charge in [-0.1, -0.05) is 29.8 Å². The van der Waals surface area contributed by atoms with Crippen LogP contribution < -0.4 is 5.32 Å². The Morgan fingerprint density at radius 3 is 2.73 bits per heavy atom. The molecule has 0 aliphatic carbocycles. The molecule has 0 fully saturated rings. The van der Waals surface area contributed by atoms with Crippen LogP contribution in [-0.4, -0.2) is 17.3 Å². The number of halogens is 1. The third-order valence-corrected chi connectivity index (χ3v) is 4.65. The zero-order chi connectivity index (χ0) is 11.4. The van der Waals surface area contributed by atoms with Gasteiger partial charge in [-0.15, -0.1) is 11.3 Å². The standard InChI is InChI=1S/C11H16BrNOS/c1-7(2)9(12)6-13-11(14)10-8(3)4-5-15-10/h4-5,7,9H,6H2,1-3H3,(H,13,14). The van der Waals surface area contributed by atoms with E-state index in [9.17, 15) is 4.79 Å². The van der Waals surface area contributed by atoms with Gasteiger partial charge in [0, 0.05) is 11.4 Å². The highest BCUT2D eigenvalue weighted by atomic mass is 79.9. The quantitative estimate of drug-likeness (QED) is 0.848. The number of aryl methyl sites for hydroxylation is 1. The lowest BCUT2D eigenvalue weighted by molar-refractivity contribution is 0.0956. The summed E-state index contributed by atoms with van der Waals surface area (Å²) in [5.41, 5.74) is 1.05. The van der Waals surface area contributed by atoms with Gasteiger partial charge in [-0.2, -0.15) is 0 Å². The molecule has 0 spiro atoms. The molecule has 0 saturated heterocycles. The number of carbonyl (C=O) groups excluding carboxylic acids is 1. The topological polar surface area (TPSA) is 29.1 Å². The molecule has 0 aromatic carbocycles. The van der Waals surface area contributed by atoms with Crippen molar-refractivity contribution in [1.82, 2.24) is 5.32 Å². The van der Waals surface area contributed by atoms with Gasteiger partial charge in [0.15, 0.2) is 0 Å². The van der Waals surface area contributed by atoms with Gasteiger partial charge in [0.2, 0.25) is 0 Å². The lowest BCUT2D eigenvalue weighted by Gasteiger charge is -2.14. The lowest BCUT2D eigenvalue weighted by atomic mass is 10.1. The van der Waals surface area contributed by atoms with Gasteiger partial charge in [0.25, 0.3) is 5.91 Å². The monoisotopic (exact) mass is 289 g/mol. The van der Waals surface area contributed by atoms with Crippen molar-refractivity contribution in [3.8, 4) is 0 Å². The molecule has 0 radical (unpaired) electrons. The molecule has 0 bridgehead atoms. The highest BCUT2D eigenvalue weighted by Gasteiger charge is 2.13. The van der Waals surface area contributed by atoms with E-state index >= 15 is 0 Å². The molecular formula is C11H16BrNOS. The van der Waals surface area contributed by atoms with Gasteiger partial charge in [-0.25, -0.2) is 0 Å². The summed E-state index contributed by atoms with van der Waals surface area (Å²) < 4.78 is 0. The van der Waals surface area contributed by atoms with Crippen molar-refractivity contribution in [1.29, 1.82) is 0 Å². The molecule has 1 rings (SSSR count). The number of carbonyl (C=O) groups is 1. The Kier molecular flexibility index (Phi) is 4.80. The Morgan fingerprint density at radius 2 is 2.27 bits per heavy atom. The second kappa shape index (κ2) is 5.66. The molecule has 1 unspecified atom stereocenters. The minimum absolute atomic E-state index is 0.0348. The Balaban J connectivity index is 2.47. The third-order valence-electron chi connectivity index (χ3n) is 2.25. The van der Waals surface area contributed by atoms with Gasteiger partial charge < -0.3 is 5.32 Å². The summed E-state index contributed by atoms with van der Waals surface area (Å²) in [6.07, 6.45) is 0. The van der Waals surface area contributed by atoms with Crippen LogP contribution in [0.15, 0.2) is 11.4 Å². The van der Waals surface area contributed by atoms with E-state index in [1.807, 2.05) is 18.4 Å². The van der Waals surface area contributed by atoms with Crippen molar-refractivity contribution in [3.63, 3.8) is 0 Å². The summed E-state index contributed by atoms with van der Waals surface area (Å²) in [4.78, 5) is 12.9. The zero-order valence-electron chi connectivity index (χ0n) is 9.21. The Morgan fingerprint density at radius 1 is 1.60 bits per heavy atom. The number of thiophene rings is 1. The van der Waals surface area contributed by atoms with E-state index in [0.29, 0.717) is 17.3 Å². The number of amides is 1. The van der Waals surface area contributed by atoms with Crippen molar-refractivity contribution < 1.29 is 4.79 Å². The van der Waals surface area contributed by atoms with E-state index in [1.165, 1.54) is 11.3 Å². The predicted octanol–water partition coefficient (Wildman–Crippen LogP) is 3.21. The number of nitrogens with one attached hydrogen (secondary N) is 1. The van der Waals surface area contributed by atoms with Crippen molar-refractivity contribution in [2.45, 2.75) is 25.6 Å². The summed E-state index contributed by atoms with van der Waals surface area (Å²) in [6, 6.07) is 1.97. The second-order valence-electron chi connectivity index (χ2n) is 3.90. The summed E-state index contributed by atoms with van der Waals surface area (Å²) in [5, 5.41) is 4.87. The molecule has 4 heteroatoms. The number of alkyl halides is 1. The Labute approximate surface area is 103 Å². The van der Waals surface area contributed by atoms with Crippen LogP contribution in [0.1, 0.15) is 29.1 Å². The fourth-order valence-electron chi connectivity index (χ4n) is 1.11. The summed E-state index contributed by atoms with van der Waals surface area (Å²) >= 11 is 5.03. The molecule has 0 saturated carbocycles. The molecule has 1 aromatic heterocycles. The second-order valence-corrected chi connectivity index (χ2v) is 6.00. The van der Waals surface area contributed by atoms with E-state index in [2.05, 4.69) is 35.1 Å². The molecule has 2 nitrogen and oxygen atoms in total. The van der Waals surface area contributed by atoms with E-state index < -0.39 is 0 Å². The van der Waals surface area contributed by atoms with Gasteiger partial charge in [0.1, 0.15) is 0 Å². The largest absolute Gasteiger partial charge is 0.350 e. The maximum atomic E-state index is 11.7. The molecular weight excluding hydrogens is 274 g/mol. The summed E-state index contributed by atoms with van der Waals surface area (Å²) in [7, 11) is 0. The van der Waals surface area contributed by atoms with Crippen molar-refractivity contribution in [2.75, 3.05) is 6.54 Å². The molecule has 1 N–H and O–H groups in total. The molecule has 0 aliphatic heterocycles. The average molecular weight is 290 g/mol. The number of hydrogen-bond donors (Lipinski definition) is 1. The number of rotatable bonds is 4. The highest BCUT2D eigenvalue weighted by molar-refractivity contribution is 9.09. The van der Waals surface area contributed by atoms with Gasteiger partial charge in [-0.05, 0) is 29.9 Å². The first kappa shape index (κ1) is 12.7. The van der Waals surface area contributed by atoms with Crippen molar-refractivity contribution in [3.05, 3.63) is 21.9 Å². The van der Waals surface area contributed by atoms with Crippen LogP contribution in [0.4, 0.5) is 0 Å². The first-order valence-corrected chi connectivity index (χ1v) is 6.78. The maximum absolute atomic E-state index is 11.7. The average Bonchev–Trinajstić information content (AvgIpc) is 2.60. The number of hydrogen-bond acceptors (Lipinski definition) is 2. The first-order chi connectivity index (χ1) is 7.02. The van der Waals surface area contributed by atoms with Gasteiger partial charge in [0.05, 0.1) is 4.88 Å². The molecule has 1 amide bonds. The van der Waals surface area contributed by atoms with Crippen LogP contribution in [-0.2, 0) is 0 Å². The van der Waals surface area contributed by atoms with Gasteiger partial charge >= 0.3 is 0 Å². The van der Waals surface area contributed by atoms with Crippen LogP contribution in [0.25, 0.3) is 0 Å². The Bertz CT molecular complexity index is 335. The predicted molar refractivity (Wildman–Crippen MR) is 68.9 cm³/mol. The van der Waals surface area contributed by atoms with Crippen LogP contribution in [0.3, 0.4) is 0 Å².